The lowest BCUT2D eigenvalue weighted by molar-refractivity contribution is 0.00732. The molecule has 2 aromatic rings. The van der Waals surface area contributed by atoms with Crippen LogP contribution in [0.4, 0.5) is 0 Å². The SMILES string of the molecule is CN(Cc1ncc(Cl)n1C)CC(O)COCc1ccco1. The van der Waals surface area contributed by atoms with Crippen LogP contribution in [-0.4, -0.2) is 45.9 Å². The number of rotatable bonds is 8. The fraction of sp³-hybridized carbons (Fsp3) is 0.500. The van der Waals surface area contributed by atoms with Crippen molar-refractivity contribution in [3.63, 3.8) is 0 Å². The summed E-state index contributed by atoms with van der Waals surface area (Å²) < 4.78 is 12.4. The first-order chi connectivity index (χ1) is 10.1. The molecule has 2 rings (SSSR count). The lowest BCUT2D eigenvalue weighted by Gasteiger charge is -2.20. The average molecular weight is 314 g/mol. The summed E-state index contributed by atoms with van der Waals surface area (Å²) >= 11 is 5.94. The minimum absolute atomic E-state index is 0.256. The highest BCUT2D eigenvalue weighted by molar-refractivity contribution is 6.29. The van der Waals surface area contributed by atoms with Crippen LogP contribution >= 0.6 is 11.6 Å². The van der Waals surface area contributed by atoms with E-state index in [0.29, 0.717) is 24.8 Å². The van der Waals surface area contributed by atoms with Crippen molar-refractivity contribution < 1.29 is 14.3 Å². The van der Waals surface area contributed by atoms with Crippen molar-refractivity contribution in [2.75, 3.05) is 20.2 Å². The Morgan fingerprint density at radius 1 is 1.57 bits per heavy atom. The number of aromatic nitrogens is 2. The first kappa shape index (κ1) is 16.0. The zero-order valence-corrected chi connectivity index (χ0v) is 13.0. The Bertz CT molecular complexity index is 542. The minimum atomic E-state index is -0.569. The molecular weight excluding hydrogens is 294 g/mol. The Morgan fingerprint density at radius 3 is 3.00 bits per heavy atom. The number of hydrogen-bond donors (Lipinski definition) is 1. The van der Waals surface area contributed by atoms with Crippen molar-refractivity contribution in [2.24, 2.45) is 7.05 Å². The van der Waals surface area contributed by atoms with Crippen molar-refractivity contribution in [3.8, 4) is 0 Å². The predicted molar refractivity (Wildman–Crippen MR) is 78.9 cm³/mol. The van der Waals surface area contributed by atoms with E-state index in [1.54, 1.807) is 18.5 Å². The van der Waals surface area contributed by atoms with Crippen molar-refractivity contribution >= 4 is 11.6 Å². The second-order valence-electron chi connectivity index (χ2n) is 5.00. The number of furan rings is 1. The van der Waals surface area contributed by atoms with Gasteiger partial charge in [-0.1, -0.05) is 11.6 Å². The molecule has 0 bridgehead atoms. The smallest absolute Gasteiger partial charge is 0.129 e. The third kappa shape index (κ3) is 4.86. The molecule has 0 aliphatic heterocycles. The third-order valence-electron chi connectivity index (χ3n) is 3.10. The van der Waals surface area contributed by atoms with Gasteiger partial charge in [0, 0.05) is 13.6 Å². The van der Waals surface area contributed by atoms with E-state index in [9.17, 15) is 5.11 Å². The molecule has 0 aromatic carbocycles. The van der Waals surface area contributed by atoms with E-state index in [4.69, 9.17) is 20.8 Å². The molecule has 6 nitrogen and oxygen atoms in total. The molecule has 0 amide bonds. The number of aliphatic hydroxyl groups is 1. The highest BCUT2D eigenvalue weighted by Crippen LogP contribution is 2.10. The van der Waals surface area contributed by atoms with Gasteiger partial charge in [-0.2, -0.15) is 0 Å². The van der Waals surface area contributed by atoms with Crippen LogP contribution in [0.2, 0.25) is 5.15 Å². The molecule has 0 radical (unpaired) electrons. The van der Waals surface area contributed by atoms with Gasteiger partial charge in [0.05, 0.1) is 31.7 Å². The summed E-state index contributed by atoms with van der Waals surface area (Å²) in [5.41, 5.74) is 0. The Kier molecular flexibility index (Phi) is 5.81. The highest BCUT2D eigenvalue weighted by atomic mass is 35.5. The van der Waals surface area contributed by atoms with Gasteiger partial charge in [0.1, 0.15) is 23.3 Å². The molecule has 0 saturated carbocycles. The molecule has 0 fully saturated rings. The molecule has 2 aromatic heterocycles. The molecule has 0 aliphatic carbocycles. The zero-order valence-electron chi connectivity index (χ0n) is 12.2. The van der Waals surface area contributed by atoms with Crippen LogP contribution in [-0.2, 0) is 24.9 Å². The number of nitrogens with zero attached hydrogens (tertiary/aromatic N) is 3. The van der Waals surface area contributed by atoms with E-state index < -0.39 is 6.10 Å². The summed E-state index contributed by atoms with van der Waals surface area (Å²) in [4.78, 5) is 6.19. The topological polar surface area (TPSA) is 63.7 Å². The number of ether oxygens (including phenoxy) is 1. The van der Waals surface area contributed by atoms with Gasteiger partial charge in [0.15, 0.2) is 0 Å². The number of aliphatic hydroxyl groups excluding tert-OH is 1. The van der Waals surface area contributed by atoms with Crippen LogP contribution in [0, 0.1) is 0 Å². The Hall–Kier alpha value is -1.34. The second-order valence-corrected chi connectivity index (χ2v) is 5.39. The Morgan fingerprint density at radius 2 is 2.38 bits per heavy atom. The monoisotopic (exact) mass is 313 g/mol. The lowest BCUT2D eigenvalue weighted by atomic mass is 10.3. The van der Waals surface area contributed by atoms with Crippen LogP contribution in [0.25, 0.3) is 0 Å². The molecule has 2 heterocycles. The maximum atomic E-state index is 9.95. The van der Waals surface area contributed by atoms with Crippen LogP contribution < -0.4 is 0 Å². The molecular formula is C14H20ClN3O3. The maximum Gasteiger partial charge on any atom is 0.129 e. The molecule has 1 atom stereocenters. The fourth-order valence-corrected chi connectivity index (χ4v) is 2.13. The molecule has 116 valence electrons. The summed E-state index contributed by atoms with van der Waals surface area (Å²) in [6, 6.07) is 3.64. The molecule has 7 heteroatoms. The molecule has 0 aliphatic rings. The summed E-state index contributed by atoms with van der Waals surface area (Å²) in [7, 11) is 3.78. The number of hydrogen-bond acceptors (Lipinski definition) is 5. The van der Waals surface area contributed by atoms with Gasteiger partial charge in [0.25, 0.3) is 0 Å². The van der Waals surface area contributed by atoms with E-state index >= 15 is 0 Å². The third-order valence-corrected chi connectivity index (χ3v) is 3.45. The second kappa shape index (κ2) is 7.61. The number of imidazole rings is 1. The molecule has 0 spiro atoms. The van der Waals surface area contributed by atoms with Gasteiger partial charge in [-0.3, -0.25) is 4.90 Å². The van der Waals surface area contributed by atoms with Crippen molar-refractivity contribution in [1.82, 2.24) is 14.5 Å². The largest absolute Gasteiger partial charge is 0.467 e. The van der Waals surface area contributed by atoms with Crippen LogP contribution in [0.1, 0.15) is 11.6 Å². The molecule has 0 saturated heterocycles. The van der Waals surface area contributed by atoms with Gasteiger partial charge < -0.3 is 18.8 Å². The van der Waals surface area contributed by atoms with E-state index in [1.165, 1.54) is 0 Å². The van der Waals surface area contributed by atoms with Gasteiger partial charge in [-0.15, -0.1) is 0 Å². The van der Waals surface area contributed by atoms with Crippen LogP contribution in [0.5, 0.6) is 0 Å². The number of likely N-dealkylation sites (N-methyl/N-ethyl adjacent to an activating group) is 1. The average Bonchev–Trinajstić information content (AvgIpc) is 3.04. The minimum Gasteiger partial charge on any atom is -0.467 e. The summed E-state index contributed by atoms with van der Waals surface area (Å²) in [6.07, 6.45) is 2.65. The van der Waals surface area contributed by atoms with Crippen molar-refractivity contribution in [3.05, 3.63) is 41.3 Å². The van der Waals surface area contributed by atoms with E-state index in [2.05, 4.69) is 4.98 Å². The zero-order chi connectivity index (χ0) is 15.2. The van der Waals surface area contributed by atoms with Crippen molar-refractivity contribution in [1.29, 1.82) is 0 Å². The Balaban J connectivity index is 1.69. The predicted octanol–water partition coefficient (Wildman–Crippen LogP) is 1.68. The van der Waals surface area contributed by atoms with Gasteiger partial charge in [-0.05, 0) is 19.2 Å². The van der Waals surface area contributed by atoms with Gasteiger partial charge in [-0.25, -0.2) is 4.98 Å². The van der Waals surface area contributed by atoms with Crippen LogP contribution in [0.15, 0.2) is 29.0 Å². The summed E-state index contributed by atoms with van der Waals surface area (Å²) in [6.45, 7) is 1.72. The molecule has 1 N–H and O–H groups in total. The standard InChI is InChI=1S/C14H20ClN3O3/c1-17(8-14-16-6-13(15)18(14)2)7-11(19)9-20-10-12-4-3-5-21-12/h3-6,11,19H,7-10H2,1-2H3. The molecule has 21 heavy (non-hydrogen) atoms. The number of halogens is 1. The van der Waals surface area contributed by atoms with E-state index in [1.807, 2.05) is 29.6 Å². The first-order valence-corrected chi connectivity index (χ1v) is 7.07. The fourth-order valence-electron chi connectivity index (χ4n) is 1.98. The maximum absolute atomic E-state index is 9.95. The van der Waals surface area contributed by atoms with Crippen molar-refractivity contribution in [2.45, 2.75) is 19.3 Å². The van der Waals surface area contributed by atoms with E-state index in [-0.39, 0.29) is 6.61 Å². The van der Waals surface area contributed by atoms with Gasteiger partial charge in [0.2, 0.25) is 0 Å². The molecule has 1 unspecified atom stereocenters. The van der Waals surface area contributed by atoms with Crippen LogP contribution in [0.3, 0.4) is 0 Å². The normalized spacial score (nSPS) is 13.0. The lowest BCUT2D eigenvalue weighted by Crippen LogP contribution is -2.32. The van der Waals surface area contributed by atoms with Gasteiger partial charge >= 0.3 is 0 Å². The quantitative estimate of drug-likeness (QED) is 0.803. The Labute approximate surface area is 128 Å². The van der Waals surface area contributed by atoms with E-state index in [0.717, 1.165) is 11.6 Å². The highest BCUT2D eigenvalue weighted by Gasteiger charge is 2.12. The summed E-state index contributed by atoms with van der Waals surface area (Å²) in [5.74, 6) is 1.60. The first-order valence-electron chi connectivity index (χ1n) is 6.69. The summed E-state index contributed by atoms with van der Waals surface area (Å²) in [5, 5.41) is 10.5.